The number of ether oxygens (including phenoxy) is 1. The minimum absolute atomic E-state index is 0.0441. The van der Waals surface area contributed by atoms with Gasteiger partial charge >= 0.3 is 0 Å². The van der Waals surface area contributed by atoms with Gasteiger partial charge in [0.15, 0.2) is 5.82 Å². The Bertz CT molecular complexity index is 995. The number of aromatic nitrogens is 4. The van der Waals surface area contributed by atoms with E-state index in [0.717, 1.165) is 48.2 Å². The summed E-state index contributed by atoms with van der Waals surface area (Å²) in [5.74, 6) is 1.28. The smallest absolute Gasteiger partial charge is 0.223 e. The lowest BCUT2D eigenvalue weighted by atomic mass is 9.99. The second-order valence-electron chi connectivity index (χ2n) is 7.27. The Hall–Kier alpha value is -3.35. The van der Waals surface area contributed by atoms with Crippen molar-refractivity contribution in [3.8, 4) is 17.3 Å². The summed E-state index contributed by atoms with van der Waals surface area (Å²) in [6, 6.07) is 9.92. The van der Waals surface area contributed by atoms with Crippen LogP contribution in [0.4, 0.5) is 0 Å². The molecule has 7 nitrogen and oxygen atoms in total. The van der Waals surface area contributed by atoms with Crippen LogP contribution in [0.5, 0.6) is 5.88 Å². The van der Waals surface area contributed by atoms with Crippen LogP contribution >= 0.6 is 0 Å². The summed E-state index contributed by atoms with van der Waals surface area (Å²) in [6.45, 7) is 2.88. The molecule has 0 saturated carbocycles. The molecule has 0 fully saturated rings. The molecule has 154 valence electrons. The van der Waals surface area contributed by atoms with Crippen molar-refractivity contribution in [3.63, 3.8) is 0 Å². The molecule has 1 N–H and O–H groups in total. The van der Waals surface area contributed by atoms with Crippen molar-refractivity contribution < 1.29 is 9.53 Å². The Morgan fingerprint density at radius 2 is 1.97 bits per heavy atom. The van der Waals surface area contributed by atoms with Gasteiger partial charge in [-0.25, -0.2) is 4.98 Å². The number of benzene rings is 1. The molecule has 1 aromatic carbocycles. The molecule has 1 atom stereocenters. The number of amides is 1. The van der Waals surface area contributed by atoms with Gasteiger partial charge in [-0.15, -0.1) is 0 Å². The lowest BCUT2D eigenvalue weighted by Crippen LogP contribution is -2.30. The van der Waals surface area contributed by atoms with E-state index >= 15 is 0 Å². The summed E-state index contributed by atoms with van der Waals surface area (Å²) in [5.41, 5.74) is 3.72. The van der Waals surface area contributed by atoms with Gasteiger partial charge in [-0.2, -0.15) is 4.98 Å². The molecule has 4 rings (SSSR count). The summed E-state index contributed by atoms with van der Waals surface area (Å²) in [4.78, 5) is 30.5. The molecule has 30 heavy (non-hydrogen) atoms. The van der Waals surface area contributed by atoms with Gasteiger partial charge in [-0.3, -0.25) is 14.8 Å². The number of carbonyl (C=O) groups is 1. The van der Waals surface area contributed by atoms with Crippen LogP contribution in [0, 0.1) is 5.92 Å². The summed E-state index contributed by atoms with van der Waals surface area (Å²) in [7, 11) is 0. The van der Waals surface area contributed by atoms with E-state index in [1.54, 1.807) is 18.6 Å². The zero-order chi connectivity index (χ0) is 20.8. The second-order valence-corrected chi connectivity index (χ2v) is 7.27. The van der Waals surface area contributed by atoms with E-state index in [0.29, 0.717) is 24.9 Å². The fourth-order valence-corrected chi connectivity index (χ4v) is 3.72. The standard InChI is InChI=1S/C23H25N5O2/c1-2-30-23-19-10-8-17(22(29)26-15-18-14-24-12-13-25-18)9-11-20(19)27-21(28-23)16-6-4-3-5-7-16/h3-7,12-14,17H,2,8-11,15H2,1H3,(H,26,29). The molecule has 1 aliphatic carbocycles. The maximum atomic E-state index is 12.7. The van der Waals surface area contributed by atoms with Crippen LogP contribution in [0.25, 0.3) is 11.4 Å². The van der Waals surface area contributed by atoms with E-state index in [9.17, 15) is 4.79 Å². The first kappa shape index (κ1) is 19.9. The van der Waals surface area contributed by atoms with Gasteiger partial charge < -0.3 is 10.1 Å². The van der Waals surface area contributed by atoms with Crippen LogP contribution < -0.4 is 10.1 Å². The summed E-state index contributed by atoms with van der Waals surface area (Å²) < 4.78 is 5.86. The van der Waals surface area contributed by atoms with Crippen molar-refractivity contribution in [2.75, 3.05) is 6.61 Å². The third-order valence-electron chi connectivity index (χ3n) is 5.27. The molecule has 0 radical (unpaired) electrons. The first-order valence-corrected chi connectivity index (χ1v) is 10.3. The number of aryl methyl sites for hydroxylation is 1. The number of hydrogen-bond donors (Lipinski definition) is 1. The third-order valence-corrected chi connectivity index (χ3v) is 5.27. The van der Waals surface area contributed by atoms with Gasteiger partial charge in [0.05, 0.1) is 30.7 Å². The molecule has 0 saturated heterocycles. The zero-order valence-electron chi connectivity index (χ0n) is 17.0. The highest BCUT2D eigenvalue weighted by molar-refractivity contribution is 5.78. The zero-order valence-corrected chi connectivity index (χ0v) is 17.0. The predicted octanol–water partition coefficient (Wildman–Crippen LogP) is 3.14. The summed E-state index contributed by atoms with van der Waals surface area (Å²) in [6.07, 6.45) is 7.85. The summed E-state index contributed by atoms with van der Waals surface area (Å²) in [5, 5.41) is 2.99. The SMILES string of the molecule is CCOc1nc(-c2ccccc2)nc2c1CCC(C(=O)NCc1cnccn1)CC2. The van der Waals surface area contributed by atoms with E-state index in [4.69, 9.17) is 9.72 Å². The van der Waals surface area contributed by atoms with Gasteiger partial charge in [0.1, 0.15) is 0 Å². The molecule has 1 amide bonds. The normalized spacial score (nSPS) is 15.7. The maximum Gasteiger partial charge on any atom is 0.223 e. The highest BCUT2D eigenvalue weighted by Gasteiger charge is 2.26. The van der Waals surface area contributed by atoms with Crippen molar-refractivity contribution in [1.82, 2.24) is 25.3 Å². The number of fused-ring (bicyclic) bond motifs is 1. The van der Waals surface area contributed by atoms with E-state index in [-0.39, 0.29) is 11.8 Å². The molecule has 0 aliphatic heterocycles. The Balaban J connectivity index is 1.50. The van der Waals surface area contributed by atoms with Crippen molar-refractivity contribution in [2.24, 2.45) is 5.92 Å². The van der Waals surface area contributed by atoms with Crippen LogP contribution in [0.3, 0.4) is 0 Å². The number of nitrogens with zero attached hydrogens (tertiary/aromatic N) is 4. The molecular formula is C23H25N5O2. The Morgan fingerprint density at radius 3 is 2.73 bits per heavy atom. The fourth-order valence-electron chi connectivity index (χ4n) is 3.72. The average molecular weight is 403 g/mol. The van der Waals surface area contributed by atoms with Gasteiger partial charge in [0.25, 0.3) is 0 Å². The first-order chi connectivity index (χ1) is 14.7. The van der Waals surface area contributed by atoms with Crippen molar-refractivity contribution >= 4 is 5.91 Å². The maximum absolute atomic E-state index is 12.7. The molecule has 1 unspecified atom stereocenters. The molecule has 2 heterocycles. The molecule has 0 bridgehead atoms. The number of rotatable bonds is 6. The van der Waals surface area contributed by atoms with Crippen molar-refractivity contribution in [3.05, 3.63) is 65.9 Å². The number of nitrogens with one attached hydrogen (secondary N) is 1. The highest BCUT2D eigenvalue weighted by atomic mass is 16.5. The van der Waals surface area contributed by atoms with Crippen LogP contribution in [0.2, 0.25) is 0 Å². The first-order valence-electron chi connectivity index (χ1n) is 10.3. The Labute approximate surface area is 176 Å². The monoisotopic (exact) mass is 403 g/mol. The highest BCUT2D eigenvalue weighted by Crippen LogP contribution is 2.31. The number of carbonyl (C=O) groups excluding carboxylic acids is 1. The molecular weight excluding hydrogens is 378 g/mol. The molecule has 3 aromatic rings. The number of hydrogen-bond acceptors (Lipinski definition) is 6. The minimum Gasteiger partial charge on any atom is -0.478 e. The average Bonchev–Trinajstić information content (AvgIpc) is 3.02. The van der Waals surface area contributed by atoms with Crippen LogP contribution in [-0.2, 0) is 24.2 Å². The lowest BCUT2D eigenvalue weighted by molar-refractivity contribution is -0.125. The van der Waals surface area contributed by atoms with Crippen LogP contribution in [0.1, 0.15) is 36.7 Å². The summed E-state index contributed by atoms with van der Waals surface area (Å²) >= 11 is 0. The van der Waals surface area contributed by atoms with E-state index in [1.807, 2.05) is 37.3 Å². The minimum atomic E-state index is -0.0782. The third kappa shape index (κ3) is 4.62. The van der Waals surface area contributed by atoms with E-state index in [1.165, 1.54) is 0 Å². The quantitative estimate of drug-likeness (QED) is 0.636. The predicted molar refractivity (Wildman–Crippen MR) is 113 cm³/mol. The van der Waals surface area contributed by atoms with Gasteiger partial charge in [-0.05, 0) is 32.6 Å². The van der Waals surface area contributed by atoms with Crippen molar-refractivity contribution in [2.45, 2.75) is 39.2 Å². The van der Waals surface area contributed by atoms with Crippen molar-refractivity contribution in [1.29, 1.82) is 0 Å². The Kier molecular flexibility index (Phi) is 6.27. The van der Waals surface area contributed by atoms with Gasteiger partial charge in [0.2, 0.25) is 11.8 Å². The lowest BCUT2D eigenvalue weighted by Gasteiger charge is -2.14. The second kappa shape index (κ2) is 9.43. The van der Waals surface area contributed by atoms with E-state index in [2.05, 4.69) is 20.3 Å². The molecule has 2 aromatic heterocycles. The largest absolute Gasteiger partial charge is 0.478 e. The Morgan fingerprint density at radius 1 is 1.13 bits per heavy atom. The van der Waals surface area contributed by atoms with Gasteiger partial charge in [-0.1, -0.05) is 30.3 Å². The molecule has 1 aliphatic rings. The molecule has 0 spiro atoms. The van der Waals surface area contributed by atoms with Crippen LogP contribution in [-0.4, -0.2) is 32.4 Å². The topological polar surface area (TPSA) is 89.9 Å². The van der Waals surface area contributed by atoms with Gasteiger partial charge in [0, 0.05) is 29.4 Å². The van der Waals surface area contributed by atoms with Crippen LogP contribution in [0.15, 0.2) is 48.9 Å². The van der Waals surface area contributed by atoms with E-state index < -0.39 is 0 Å². The fraction of sp³-hybridized carbons (Fsp3) is 0.348. The molecule has 7 heteroatoms.